The summed E-state index contributed by atoms with van der Waals surface area (Å²) in [5, 5.41) is 0. The molecule has 0 aliphatic heterocycles. The number of likely N-dealkylation sites (N-methyl/N-ethyl adjacent to an activating group) is 1. The van der Waals surface area contributed by atoms with Crippen molar-refractivity contribution in [3.63, 3.8) is 0 Å². The Morgan fingerprint density at radius 1 is 1.41 bits per heavy atom. The molecule has 17 heavy (non-hydrogen) atoms. The Labute approximate surface area is 105 Å². The fraction of sp³-hybridized carbons (Fsp3) is 0.643. The molecule has 0 aliphatic rings. The number of pyridine rings is 1. The van der Waals surface area contributed by atoms with Gasteiger partial charge in [-0.25, -0.2) is 0 Å². The van der Waals surface area contributed by atoms with E-state index in [2.05, 4.69) is 36.7 Å². The Balaban J connectivity index is 2.59. The molecule has 1 atom stereocenters. The van der Waals surface area contributed by atoms with Gasteiger partial charge in [0.15, 0.2) is 0 Å². The van der Waals surface area contributed by atoms with Crippen LogP contribution in [0.5, 0.6) is 0 Å². The maximum Gasteiger partial charge on any atom is 0.0301 e. The molecule has 0 bridgehead atoms. The molecular weight excluding hydrogens is 210 g/mol. The zero-order valence-corrected chi connectivity index (χ0v) is 11.3. The average molecular weight is 235 g/mol. The van der Waals surface area contributed by atoms with E-state index in [1.807, 2.05) is 18.5 Å². The summed E-state index contributed by atoms with van der Waals surface area (Å²) < 4.78 is 0. The van der Waals surface area contributed by atoms with E-state index in [4.69, 9.17) is 5.73 Å². The minimum atomic E-state index is 0.122. The van der Waals surface area contributed by atoms with E-state index in [9.17, 15) is 0 Å². The number of nitrogens with two attached hydrogens (primary N) is 1. The van der Waals surface area contributed by atoms with Crippen LogP contribution in [0.3, 0.4) is 0 Å². The van der Waals surface area contributed by atoms with E-state index in [1.165, 1.54) is 5.56 Å². The first-order chi connectivity index (χ1) is 8.16. The Hall–Kier alpha value is -0.930. The van der Waals surface area contributed by atoms with Crippen molar-refractivity contribution in [2.45, 2.75) is 39.2 Å². The second kappa shape index (κ2) is 6.72. The average Bonchev–Trinajstić information content (AvgIpc) is 2.40. The van der Waals surface area contributed by atoms with Gasteiger partial charge in [-0.3, -0.25) is 9.88 Å². The van der Waals surface area contributed by atoms with Gasteiger partial charge in [-0.1, -0.05) is 19.9 Å². The van der Waals surface area contributed by atoms with Crippen LogP contribution in [0.15, 0.2) is 24.5 Å². The van der Waals surface area contributed by atoms with Crippen LogP contribution in [-0.4, -0.2) is 35.1 Å². The minimum absolute atomic E-state index is 0.122. The van der Waals surface area contributed by atoms with Crippen molar-refractivity contribution in [1.29, 1.82) is 0 Å². The summed E-state index contributed by atoms with van der Waals surface area (Å²) in [5.41, 5.74) is 7.32. The smallest absolute Gasteiger partial charge is 0.0301 e. The van der Waals surface area contributed by atoms with Crippen molar-refractivity contribution in [1.82, 2.24) is 9.88 Å². The molecule has 1 unspecified atom stereocenters. The molecule has 1 aromatic heterocycles. The highest BCUT2D eigenvalue weighted by molar-refractivity contribution is 5.09. The summed E-state index contributed by atoms with van der Waals surface area (Å²) in [5.74, 6) is 0. The lowest BCUT2D eigenvalue weighted by atomic mass is 9.96. The summed E-state index contributed by atoms with van der Waals surface area (Å²) in [6.45, 7) is 9.46. The number of hydrogen-bond acceptors (Lipinski definition) is 3. The third-order valence-corrected chi connectivity index (χ3v) is 3.74. The molecule has 3 nitrogen and oxygen atoms in total. The summed E-state index contributed by atoms with van der Waals surface area (Å²) >= 11 is 0. The van der Waals surface area contributed by atoms with Crippen molar-refractivity contribution in [3.05, 3.63) is 30.1 Å². The van der Waals surface area contributed by atoms with Gasteiger partial charge in [0.25, 0.3) is 0 Å². The van der Waals surface area contributed by atoms with Crippen LogP contribution in [0.2, 0.25) is 0 Å². The molecule has 0 fully saturated rings. The van der Waals surface area contributed by atoms with E-state index in [0.717, 1.165) is 25.9 Å². The largest absolute Gasteiger partial charge is 0.329 e. The molecular formula is C14H25N3. The first-order valence-corrected chi connectivity index (χ1v) is 6.50. The van der Waals surface area contributed by atoms with Gasteiger partial charge in [0.05, 0.1) is 0 Å². The zero-order valence-electron chi connectivity index (χ0n) is 11.3. The van der Waals surface area contributed by atoms with Crippen molar-refractivity contribution in [2.24, 2.45) is 5.73 Å². The monoisotopic (exact) mass is 235 g/mol. The minimum Gasteiger partial charge on any atom is -0.329 e. The van der Waals surface area contributed by atoms with Crippen molar-refractivity contribution in [2.75, 3.05) is 19.6 Å². The third-order valence-electron chi connectivity index (χ3n) is 3.74. The highest BCUT2D eigenvalue weighted by atomic mass is 15.2. The van der Waals surface area contributed by atoms with E-state index in [0.29, 0.717) is 6.54 Å². The van der Waals surface area contributed by atoms with Crippen LogP contribution in [0.25, 0.3) is 0 Å². The highest BCUT2D eigenvalue weighted by Gasteiger charge is 2.26. The Kier molecular flexibility index (Phi) is 5.59. The predicted molar refractivity (Wildman–Crippen MR) is 72.9 cm³/mol. The third kappa shape index (κ3) is 3.79. The number of hydrogen-bond donors (Lipinski definition) is 1. The molecule has 0 spiro atoms. The molecule has 0 saturated carbocycles. The molecule has 1 rings (SSSR count). The lowest BCUT2D eigenvalue weighted by Gasteiger charge is -2.39. The van der Waals surface area contributed by atoms with Gasteiger partial charge in [-0.15, -0.1) is 0 Å². The molecule has 0 aliphatic carbocycles. The molecule has 0 saturated heterocycles. The van der Waals surface area contributed by atoms with Gasteiger partial charge in [0, 0.05) is 31.0 Å². The van der Waals surface area contributed by atoms with Gasteiger partial charge in [0.1, 0.15) is 0 Å². The fourth-order valence-electron chi connectivity index (χ4n) is 2.12. The van der Waals surface area contributed by atoms with Crippen LogP contribution >= 0.6 is 0 Å². The van der Waals surface area contributed by atoms with Gasteiger partial charge in [0.2, 0.25) is 0 Å². The fourth-order valence-corrected chi connectivity index (χ4v) is 2.12. The Morgan fingerprint density at radius 2 is 2.18 bits per heavy atom. The van der Waals surface area contributed by atoms with Crippen LogP contribution in [0, 0.1) is 0 Å². The topological polar surface area (TPSA) is 42.2 Å². The van der Waals surface area contributed by atoms with Crippen LogP contribution in [-0.2, 0) is 6.42 Å². The molecule has 0 aromatic carbocycles. The van der Waals surface area contributed by atoms with Gasteiger partial charge in [-0.2, -0.15) is 0 Å². The van der Waals surface area contributed by atoms with Crippen LogP contribution in [0.1, 0.15) is 32.8 Å². The first kappa shape index (κ1) is 14.1. The molecule has 1 aromatic rings. The lowest BCUT2D eigenvalue weighted by molar-refractivity contribution is 0.114. The number of aromatic nitrogens is 1. The predicted octanol–water partition coefficient (Wildman–Crippen LogP) is 2.07. The first-order valence-electron chi connectivity index (χ1n) is 6.50. The maximum atomic E-state index is 5.91. The maximum absolute atomic E-state index is 5.91. The van der Waals surface area contributed by atoms with Crippen molar-refractivity contribution >= 4 is 0 Å². The normalized spacial score (nSPS) is 14.9. The second-order valence-electron chi connectivity index (χ2n) is 4.75. The highest BCUT2D eigenvalue weighted by Crippen LogP contribution is 2.18. The Bertz CT molecular complexity index is 307. The van der Waals surface area contributed by atoms with Crippen molar-refractivity contribution in [3.8, 4) is 0 Å². The van der Waals surface area contributed by atoms with Gasteiger partial charge >= 0.3 is 0 Å². The van der Waals surface area contributed by atoms with E-state index >= 15 is 0 Å². The molecule has 96 valence electrons. The lowest BCUT2D eigenvalue weighted by Crippen LogP contribution is -2.51. The number of nitrogens with zero attached hydrogens (tertiary/aromatic N) is 2. The van der Waals surface area contributed by atoms with E-state index in [1.54, 1.807) is 0 Å². The molecule has 1 heterocycles. The van der Waals surface area contributed by atoms with Crippen molar-refractivity contribution < 1.29 is 0 Å². The van der Waals surface area contributed by atoms with Gasteiger partial charge in [-0.05, 0) is 37.9 Å². The summed E-state index contributed by atoms with van der Waals surface area (Å²) in [6.07, 6.45) is 5.89. The van der Waals surface area contributed by atoms with Crippen LogP contribution in [0.4, 0.5) is 0 Å². The molecule has 0 radical (unpaired) electrons. The number of rotatable bonds is 7. The van der Waals surface area contributed by atoms with E-state index < -0.39 is 0 Å². The summed E-state index contributed by atoms with van der Waals surface area (Å²) in [4.78, 5) is 6.62. The van der Waals surface area contributed by atoms with E-state index in [-0.39, 0.29) is 5.54 Å². The zero-order chi connectivity index (χ0) is 12.7. The van der Waals surface area contributed by atoms with Crippen LogP contribution < -0.4 is 5.73 Å². The van der Waals surface area contributed by atoms with Gasteiger partial charge < -0.3 is 5.73 Å². The molecule has 3 heteroatoms. The second-order valence-corrected chi connectivity index (χ2v) is 4.75. The standard InChI is InChI=1S/C14H25N3/c1-4-14(3,12-15)17(5-2)10-8-13-7-6-9-16-11-13/h6-7,9,11H,4-5,8,10,12,15H2,1-3H3. The Morgan fingerprint density at radius 3 is 2.65 bits per heavy atom. The molecule has 2 N–H and O–H groups in total. The quantitative estimate of drug-likeness (QED) is 0.786. The molecule has 0 amide bonds. The summed E-state index contributed by atoms with van der Waals surface area (Å²) in [6, 6.07) is 4.13. The summed E-state index contributed by atoms with van der Waals surface area (Å²) in [7, 11) is 0. The SMILES string of the molecule is CCN(CCc1cccnc1)C(C)(CC)CN.